The minimum absolute atomic E-state index is 0.0499. The van der Waals surface area contributed by atoms with E-state index in [9.17, 15) is 19.8 Å². The van der Waals surface area contributed by atoms with Gasteiger partial charge in [0, 0.05) is 17.8 Å². The monoisotopic (exact) mass is 566 g/mol. The van der Waals surface area contributed by atoms with E-state index in [-0.39, 0.29) is 56.6 Å². The zero-order valence-electron chi connectivity index (χ0n) is 23.2. The second kappa shape index (κ2) is 16.7. The average molecular weight is 567 g/mol. The van der Waals surface area contributed by atoms with E-state index >= 15 is 0 Å². The molecule has 2 aromatic rings. The first-order valence-electron chi connectivity index (χ1n) is 13.2. The molecule has 0 aliphatic carbocycles. The standard InChI is InChI=1S/C31H38N2O8/c1-4-32-27(29(36)37)16-10-24(11-17-28(30(38)39)33-5-2)31(3,22-6-12-25(13-7-22)40-20-18-34)23-8-14-26(15-9-23)41-21-19-35/h4-9,12-15,24,34-35H,1-2,10-11,16-21H2,3H3,(H,36,37)(H,38,39). The largest absolute Gasteiger partial charge is 0.491 e. The highest BCUT2D eigenvalue weighted by Gasteiger charge is 2.38. The summed E-state index contributed by atoms with van der Waals surface area (Å²) in [5.41, 5.74) is 0.939. The zero-order valence-corrected chi connectivity index (χ0v) is 23.2. The molecule has 2 rings (SSSR count). The van der Waals surface area contributed by atoms with Crippen molar-refractivity contribution >= 4 is 23.4 Å². The molecule has 0 spiro atoms. The van der Waals surface area contributed by atoms with E-state index in [1.165, 1.54) is 12.4 Å². The van der Waals surface area contributed by atoms with Gasteiger partial charge in [0.1, 0.15) is 36.1 Å². The van der Waals surface area contributed by atoms with E-state index in [4.69, 9.17) is 19.7 Å². The van der Waals surface area contributed by atoms with Crippen molar-refractivity contribution in [3.05, 3.63) is 85.2 Å². The van der Waals surface area contributed by atoms with Crippen molar-refractivity contribution in [1.82, 2.24) is 0 Å². The van der Waals surface area contributed by atoms with E-state index in [1.54, 1.807) is 24.3 Å². The number of rotatable bonds is 19. The highest BCUT2D eigenvalue weighted by molar-refractivity contribution is 6.36. The van der Waals surface area contributed by atoms with Gasteiger partial charge < -0.3 is 29.9 Å². The van der Waals surface area contributed by atoms with Crippen molar-refractivity contribution in [2.75, 3.05) is 26.4 Å². The predicted octanol–water partition coefficient (Wildman–Crippen LogP) is 4.25. The van der Waals surface area contributed by atoms with Crippen LogP contribution in [0.3, 0.4) is 0 Å². The smallest absolute Gasteiger partial charge is 0.350 e. The fourth-order valence-corrected chi connectivity index (χ4v) is 4.78. The molecule has 41 heavy (non-hydrogen) atoms. The van der Waals surface area contributed by atoms with E-state index < -0.39 is 17.4 Å². The summed E-state index contributed by atoms with van der Waals surface area (Å²) in [7, 11) is 0. The maximum Gasteiger partial charge on any atom is 0.350 e. The Morgan fingerprint density at radius 3 is 1.44 bits per heavy atom. The van der Waals surface area contributed by atoms with Crippen molar-refractivity contribution in [3.8, 4) is 11.5 Å². The first kappa shape index (κ1) is 32.9. The van der Waals surface area contributed by atoms with Crippen LogP contribution in [0.4, 0.5) is 0 Å². The van der Waals surface area contributed by atoms with Crippen LogP contribution in [-0.4, -0.2) is 70.2 Å². The topological polar surface area (TPSA) is 158 Å². The molecule has 0 fully saturated rings. The number of carboxylic acid groups (broad SMARTS) is 2. The van der Waals surface area contributed by atoms with Gasteiger partial charge in [-0.1, -0.05) is 44.3 Å². The summed E-state index contributed by atoms with van der Waals surface area (Å²) in [4.78, 5) is 31.5. The number of aliphatic hydroxyl groups excluding tert-OH is 2. The fraction of sp³-hybridized carbons (Fsp3) is 0.355. The summed E-state index contributed by atoms with van der Waals surface area (Å²) in [6.45, 7) is 9.11. The van der Waals surface area contributed by atoms with Crippen LogP contribution in [-0.2, 0) is 15.0 Å². The van der Waals surface area contributed by atoms with Gasteiger partial charge in [0.05, 0.1) is 13.2 Å². The van der Waals surface area contributed by atoms with Gasteiger partial charge >= 0.3 is 11.9 Å². The molecule has 0 radical (unpaired) electrons. The Morgan fingerprint density at radius 2 is 1.15 bits per heavy atom. The third-order valence-electron chi connectivity index (χ3n) is 6.89. The average Bonchev–Trinajstić information content (AvgIpc) is 2.97. The number of aliphatic carboxylic acids is 2. The van der Waals surface area contributed by atoms with Gasteiger partial charge in [0.15, 0.2) is 0 Å². The molecule has 4 N–H and O–H groups in total. The van der Waals surface area contributed by atoms with Crippen LogP contribution >= 0.6 is 0 Å². The van der Waals surface area contributed by atoms with E-state index in [1.807, 2.05) is 31.2 Å². The molecule has 0 saturated carbocycles. The van der Waals surface area contributed by atoms with Gasteiger partial charge in [0.2, 0.25) is 0 Å². The Kier molecular flexibility index (Phi) is 13.4. The summed E-state index contributed by atoms with van der Waals surface area (Å²) in [5, 5.41) is 37.6. The second-order valence-electron chi connectivity index (χ2n) is 9.30. The number of ether oxygens (including phenoxy) is 2. The summed E-state index contributed by atoms with van der Waals surface area (Å²) >= 11 is 0. The molecule has 10 nitrogen and oxygen atoms in total. The van der Waals surface area contributed by atoms with Gasteiger partial charge in [0.25, 0.3) is 0 Å². The highest BCUT2D eigenvalue weighted by atomic mass is 16.5. The first-order chi connectivity index (χ1) is 19.7. The van der Waals surface area contributed by atoms with Gasteiger partial charge in [-0.05, 0) is 67.0 Å². The quantitative estimate of drug-likeness (QED) is 0.184. The van der Waals surface area contributed by atoms with Crippen molar-refractivity contribution in [1.29, 1.82) is 0 Å². The van der Waals surface area contributed by atoms with Crippen molar-refractivity contribution in [2.45, 2.75) is 38.0 Å². The maximum absolute atomic E-state index is 11.8. The lowest BCUT2D eigenvalue weighted by Gasteiger charge is -2.40. The van der Waals surface area contributed by atoms with Gasteiger partial charge in [-0.15, -0.1) is 0 Å². The lowest BCUT2D eigenvalue weighted by Crippen LogP contribution is -2.35. The first-order valence-corrected chi connectivity index (χ1v) is 13.2. The molecule has 0 saturated heterocycles. The molecule has 0 aliphatic rings. The van der Waals surface area contributed by atoms with Crippen LogP contribution < -0.4 is 9.47 Å². The Balaban J connectivity index is 2.64. The lowest BCUT2D eigenvalue weighted by atomic mass is 9.64. The third-order valence-corrected chi connectivity index (χ3v) is 6.89. The molecule has 0 heterocycles. The van der Waals surface area contributed by atoms with Crippen LogP contribution in [0.25, 0.3) is 0 Å². The maximum atomic E-state index is 11.8. The Labute approximate surface area is 240 Å². The molecule has 10 heteroatoms. The molecule has 0 aromatic heterocycles. The number of carbonyl (C=O) groups is 2. The van der Waals surface area contributed by atoms with Crippen molar-refractivity contribution in [3.63, 3.8) is 0 Å². The van der Waals surface area contributed by atoms with Crippen molar-refractivity contribution < 1.29 is 39.5 Å². The summed E-state index contributed by atoms with van der Waals surface area (Å²) in [5.74, 6) is -1.43. The molecule has 0 unspecified atom stereocenters. The number of nitrogens with zero attached hydrogens (tertiary/aromatic N) is 2. The van der Waals surface area contributed by atoms with E-state index in [2.05, 4.69) is 23.1 Å². The Morgan fingerprint density at radius 1 is 0.780 bits per heavy atom. The number of aliphatic imine (C=N–C) groups is 2. The second-order valence-corrected chi connectivity index (χ2v) is 9.30. The van der Waals surface area contributed by atoms with Gasteiger partial charge in [-0.2, -0.15) is 0 Å². The number of carboxylic acids is 2. The van der Waals surface area contributed by atoms with E-state index in [0.717, 1.165) is 11.1 Å². The molecule has 2 aromatic carbocycles. The van der Waals surface area contributed by atoms with Crippen molar-refractivity contribution in [2.24, 2.45) is 15.9 Å². The number of benzene rings is 2. The minimum atomic E-state index is -1.15. The number of hydrogen-bond acceptors (Lipinski definition) is 8. The third kappa shape index (κ3) is 9.40. The van der Waals surface area contributed by atoms with Crippen LogP contribution in [0.2, 0.25) is 0 Å². The van der Waals surface area contributed by atoms with Crippen LogP contribution in [0.1, 0.15) is 43.7 Å². The van der Waals surface area contributed by atoms with Gasteiger partial charge in [-0.25, -0.2) is 9.59 Å². The lowest BCUT2D eigenvalue weighted by molar-refractivity contribution is -0.130. The van der Waals surface area contributed by atoms with Crippen LogP contribution in [0.15, 0.2) is 84.1 Å². The molecule has 0 amide bonds. The molecular formula is C31H38N2O8. The minimum Gasteiger partial charge on any atom is -0.491 e. The zero-order chi connectivity index (χ0) is 30.3. The van der Waals surface area contributed by atoms with Gasteiger partial charge in [-0.3, -0.25) is 9.98 Å². The number of aliphatic hydroxyl groups is 2. The Hall–Kier alpha value is -4.28. The fourth-order valence-electron chi connectivity index (χ4n) is 4.78. The Bertz CT molecular complexity index is 1130. The van der Waals surface area contributed by atoms with E-state index in [0.29, 0.717) is 24.3 Å². The SMILES string of the molecule is C=CN=C(CCC(CCC(=NC=C)C(=O)O)C(C)(c1ccc(OCCO)cc1)c1ccc(OCCO)cc1)C(=O)O. The van der Waals surface area contributed by atoms with Crippen LogP contribution in [0, 0.1) is 5.92 Å². The summed E-state index contributed by atoms with van der Waals surface area (Å²) in [6.07, 6.45) is 3.35. The predicted molar refractivity (Wildman–Crippen MR) is 157 cm³/mol. The summed E-state index contributed by atoms with van der Waals surface area (Å²) in [6, 6.07) is 14.8. The normalized spacial score (nSPS) is 12.9. The molecule has 0 bridgehead atoms. The molecule has 220 valence electrons. The molecule has 0 atom stereocenters. The van der Waals surface area contributed by atoms with Crippen LogP contribution in [0.5, 0.6) is 11.5 Å². The number of hydrogen-bond donors (Lipinski definition) is 4. The molecular weight excluding hydrogens is 528 g/mol. The summed E-state index contributed by atoms with van der Waals surface area (Å²) < 4.78 is 11.1. The molecule has 0 aliphatic heterocycles. The highest BCUT2D eigenvalue weighted by Crippen LogP contribution is 2.44.